The van der Waals surface area contributed by atoms with Gasteiger partial charge in [0.2, 0.25) is 0 Å². The van der Waals surface area contributed by atoms with E-state index in [4.69, 9.17) is 0 Å². The van der Waals surface area contributed by atoms with Gasteiger partial charge in [-0.2, -0.15) is 0 Å². The fraction of sp³-hybridized carbons (Fsp3) is 0. The van der Waals surface area contributed by atoms with E-state index in [0.29, 0.717) is 5.82 Å². The van der Waals surface area contributed by atoms with Crippen LogP contribution in [0.2, 0.25) is 0 Å². The number of nitrogens with zero attached hydrogens (tertiary/aromatic N) is 3. The number of imidazole rings is 1. The fourth-order valence-corrected chi connectivity index (χ4v) is 2.66. The van der Waals surface area contributed by atoms with Crippen molar-refractivity contribution in [3.63, 3.8) is 0 Å². The van der Waals surface area contributed by atoms with E-state index >= 15 is 0 Å². The molecule has 0 atom stereocenters. The van der Waals surface area contributed by atoms with E-state index in [1.54, 1.807) is 4.90 Å². The molecule has 0 aliphatic rings. The van der Waals surface area contributed by atoms with Crippen LogP contribution >= 0.6 is 0 Å². The Hall–Kier alpha value is -3.60. The van der Waals surface area contributed by atoms with E-state index in [-0.39, 0.29) is 6.03 Å². The molecule has 122 valence electrons. The minimum Gasteiger partial charge on any atom is -0.307 e. The second-order valence-corrected chi connectivity index (χ2v) is 5.53. The van der Waals surface area contributed by atoms with Gasteiger partial charge in [-0.1, -0.05) is 42.5 Å². The maximum Gasteiger partial charge on any atom is 0.332 e. The van der Waals surface area contributed by atoms with Crippen molar-refractivity contribution < 1.29 is 4.79 Å². The van der Waals surface area contributed by atoms with Crippen molar-refractivity contribution in [2.75, 3.05) is 10.2 Å². The van der Waals surface area contributed by atoms with Gasteiger partial charge in [0, 0.05) is 11.9 Å². The molecule has 2 heterocycles. The molecule has 0 saturated carbocycles. The van der Waals surface area contributed by atoms with Gasteiger partial charge in [0.15, 0.2) is 5.82 Å². The molecule has 5 heteroatoms. The van der Waals surface area contributed by atoms with Crippen molar-refractivity contribution in [2.24, 2.45) is 0 Å². The van der Waals surface area contributed by atoms with Crippen molar-refractivity contribution in [3.05, 3.63) is 91.3 Å². The van der Waals surface area contributed by atoms with Gasteiger partial charge < -0.3 is 9.72 Å². The normalized spacial score (nSPS) is 10.6. The van der Waals surface area contributed by atoms with Crippen LogP contribution in [-0.2, 0) is 0 Å². The minimum atomic E-state index is -0.263. The van der Waals surface area contributed by atoms with Crippen molar-refractivity contribution in [2.45, 2.75) is 0 Å². The lowest BCUT2D eigenvalue weighted by Gasteiger charge is -2.20. The van der Waals surface area contributed by atoms with Gasteiger partial charge in [0.25, 0.3) is 0 Å². The number of pyridine rings is 1. The van der Waals surface area contributed by atoms with Crippen LogP contribution in [0.5, 0.6) is 0 Å². The topological polar surface area (TPSA) is 49.6 Å². The molecule has 0 unspecified atom stereocenters. The smallest absolute Gasteiger partial charge is 0.307 e. The Morgan fingerprint density at radius 1 is 0.880 bits per heavy atom. The highest BCUT2D eigenvalue weighted by molar-refractivity contribution is 6.06. The minimum absolute atomic E-state index is 0.263. The van der Waals surface area contributed by atoms with E-state index < -0.39 is 0 Å². The molecule has 1 N–H and O–H groups in total. The van der Waals surface area contributed by atoms with Crippen LogP contribution in [-0.4, -0.2) is 15.4 Å². The van der Waals surface area contributed by atoms with Crippen molar-refractivity contribution in [1.82, 2.24) is 9.38 Å². The molecule has 0 spiro atoms. The third-order valence-corrected chi connectivity index (χ3v) is 3.82. The summed E-state index contributed by atoms with van der Waals surface area (Å²) in [5, 5.41) is 2.92. The number of hydrogen-bond donors (Lipinski definition) is 1. The predicted octanol–water partition coefficient (Wildman–Crippen LogP) is 4.70. The van der Waals surface area contributed by atoms with E-state index in [1.807, 2.05) is 95.7 Å². The third-order valence-electron chi connectivity index (χ3n) is 3.82. The van der Waals surface area contributed by atoms with Crippen LogP contribution in [0, 0.1) is 0 Å². The van der Waals surface area contributed by atoms with Gasteiger partial charge in [0.1, 0.15) is 5.65 Å². The van der Waals surface area contributed by atoms with Crippen LogP contribution in [0.1, 0.15) is 0 Å². The number of nitrogens with one attached hydrogen (secondary N) is 1. The molecular weight excluding hydrogens is 312 g/mol. The second-order valence-electron chi connectivity index (χ2n) is 5.53. The molecule has 5 nitrogen and oxygen atoms in total. The van der Waals surface area contributed by atoms with Crippen LogP contribution < -0.4 is 10.2 Å². The number of benzene rings is 2. The largest absolute Gasteiger partial charge is 0.332 e. The summed E-state index contributed by atoms with van der Waals surface area (Å²) in [6.45, 7) is 0. The molecule has 0 aliphatic carbocycles. The summed E-state index contributed by atoms with van der Waals surface area (Å²) in [5.41, 5.74) is 2.27. The average Bonchev–Trinajstić information content (AvgIpc) is 3.07. The van der Waals surface area contributed by atoms with Gasteiger partial charge in [-0.05, 0) is 36.4 Å². The molecule has 0 bridgehead atoms. The number of urea groups is 1. The zero-order valence-corrected chi connectivity index (χ0v) is 13.4. The number of carbonyl (C=O) groups excluding carboxylic acids is 1. The number of carbonyl (C=O) groups is 1. The van der Waals surface area contributed by atoms with Crippen molar-refractivity contribution in [1.29, 1.82) is 0 Å². The second kappa shape index (κ2) is 6.49. The van der Waals surface area contributed by atoms with Gasteiger partial charge in [0.05, 0.1) is 11.9 Å². The van der Waals surface area contributed by atoms with Crippen LogP contribution in [0.3, 0.4) is 0 Å². The third kappa shape index (κ3) is 3.07. The molecule has 4 aromatic rings. The SMILES string of the molecule is O=C(Nc1ccccc1)N(c1ccccc1)c1cn2ccccc2n1. The summed E-state index contributed by atoms with van der Waals surface area (Å²) in [6, 6.07) is 24.3. The lowest BCUT2D eigenvalue weighted by Crippen LogP contribution is -2.31. The first kappa shape index (κ1) is 15.0. The average molecular weight is 328 g/mol. The Bertz CT molecular complexity index is 963. The monoisotopic (exact) mass is 328 g/mol. The highest BCUT2D eigenvalue weighted by Gasteiger charge is 2.20. The highest BCUT2D eigenvalue weighted by Crippen LogP contribution is 2.26. The Balaban J connectivity index is 1.75. The molecule has 2 amide bonds. The number of aromatic nitrogens is 2. The van der Waals surface area contributed by atoms with Crippen LogP contribution in [0.15, 0.2) is 91.3 Å². The zero-order valence-electron chi connectivity index (χ0n) is 13.4. The first-order valence-electron chi connectivity index (χ1n) is 7.96. The maximum atomic E-state index is 13.0. The summed E-state index contributed by atoms with van der Waals surface area (Å²) in [5.74, 6) is 0.561. The fourth-order valence-electron chi connectivity index (χ4n) is 2.66. The molecule has 25 heavy (non-hydrogen) atoms. The summed E-state index contributed by atoms with van der Waals surface area (Å²) in [4.78, 5) is 19.1. The van der Waals surface area contributed by atoms with Crippen molar-refractivity contribution in [3.8, 4) is 0 Å². The lowest BCUT2D eigenvalue weighted by atomic mass is 10.3. The number of rotatable bonds is 3. The summed E-state index contributed by atoms with van der Waals surface area (Å²) >= 11 is 0. The zero-order chi connectivity index (χ0) is 17.1. The first-order valence-corrected chi connectivity index (χ1v) is 7.96. The molecule has 4 rings (SSSR count). The number of anilines is 3. The number of hydrogen-bond acceptors (Lipinski definition) is 2. The maximum absolute atomic E-state index is 13.0. The van der Waals surface area contributed by atoms with Crippen LogP contribution in [0.4, 0.5) is 22.0 Å². The highest BCUT2D eigenvalue weighted by atomic mass is 16.2. The Morgan fingerprint density at radius 3 is 2.28 bits per heavy atom. The van der Waals surface area contributed by atoms with E-state index in [0.717, 1.165) is 17.0 Å². The van der Waals surface area contributed by atoms with Gasteiger partial charge in [-0.25, -0.2) is 14.7 Å². The number of fused-ring (bicyclic) bond motifs is 1. The standard InChI is InChI=1S/C20H16N4O/c25-20(21-16-9-3-1-4-10-16)24(17-11-5-2-6-12-17)19-15-23-14-8-7-13-18(23)22-19/h1-15H,(H,21,25). The lowest BCUT2D eigenvalue weighted by molar-refractivity contribution is 0.259. The predicted molar refractivity (Wildman–Crippen MR) is 99.2 cm³/mol. The molecule has 0 fully saturated rings. The molecule has 0 aliphatic heterocycles. The number of para-hydroxylation sites is 2. The molecular formula is C20H16N4O. The Morgan fingerprint density at radius 2 is 1.56 bits per heavy atom. The molecule has 0 radical (unpaired) electrons. The summed E-state index contributed by atoms with van der Waals surface area (Å²) < 4.78 is 1.89. The van der Waals surface area contributed by atoms with Gasteiger partial charge in [-0.3, -0.25) is 0 Å². The van der Waals surface area contributed by atoms with E-state index in [1.165, 1.54) is 0 Å². The van der Waals surface area contributed by atoms with E-state index in [2.05, 4.69) is 10.3 Å². The first-order chi connectivity index (χ1) is 12.3. The number of amides is 2. The summed E-state index contributed by atoms with van der Waals surface area (Å²) in [6.07, 6.45) is 3.75. The van der Waals surface area contributed by atoms with Crippen LogP contribution in [0.25, 0.3) is 5.65 Å². The van der Waals surface area contributed by atoms with Gasteiger partial charge in [-0.15, -0.1) is 0 Å². The van der Waals surface area contributed by atoms with Gasteiger partial charge >= 0.3 is 6.03 Å². The molecule has 2 aromatic heterocycles. The molecule has 0 saturated heterocycles. The quantitative estimate of drug-likeness (QED) is 0.592. The molecule has 2 aromatic carbocycles. The Kier molecular flexibility index (Phi) is 3.88. The Labute approximate surface area is 145 Å². The van der Waals surface area contributed by atoms with Crippen molar-refractivity contribution >= 4 is 28.9 Å². The van der Waals surface area contributed by atoms with E-state index in [9.17, 15) is 4.79 Å². The summed E-state index contributed by atoms with van der Waals surface area (Å²) in [7, 11) is 0.